The molecule has 3 aliphatic heterocycles. The number of nitrogens with one attached hydrogen (secondary N) is 1. The second-order valence-electron chi connectivity index (χ2n) is 9.18. The molecule has 6 rings (SSSR count). The zero-order valence-electron chi connectivity index (χ0n) is 19.5. The van der Waals surface area contributed by atoms with Crippen molar-refractivity contribution in [2.24, 2.45) is 5.92 Å². The van der Waals surface area contributed by atoms with Crippen LogP contribution in [0.1, 0.15) is 40.6 Å². The number of halogens is 1. The van der Waals surface area contributed by atoms with E-state index in [1.807, 2.05) is 37.3 Å². The fourth-order valence-corrected chi connectivity index (χ4v) is 5.82. The number of piperidine rings is 3. The zero-order chi connectivity index (χ0) is 23.7. The van der Waals surface area contributed by atoms with E-state index in [-0.39, 0.29) is 5.91 Å². The normalized spacial score (nSPS) is 23.5. The Labute approximate surface area is 208 Å². The van der Waals surface area contributed by atoms with Crippen molar-refractivity contribution in [3.05, 3.63) is 76.2 Å². The maximum absolute atomic E-state index is 12.6. The van der Waals surface area contributed by atoms with Crippen LogP contribution in [-0.4, -0.2) is 53.6 Å². The molecule has 4 atom stereocenters. The highest BCUT2D eigenvalue weighted by atomic mass is 79.9. The average Bonchev–Trinajstić information content (AvgIpc) is 2.87. The number of nitrogens with zero attached hydrogens (tertiary/aromatic N) is 3. The van der Waals surface area contributed by atoms with Gasteiger partial charge in [-0.15, -0.1) is 0 Å². The largest absolute Gasteiger partial charge is 0.497 e. The van der Waals surface area contributed by atoms with Crippen molar-refractivity contribution in [1.82, 2.24) is 20.2 Å². The van der Waals surface area contributed by atoms with E-state index >= 15 is 0 Å². The quantitative estimate of drug-likeness (QED) is 0.504. The van der Waals surface area contributed by atoms with Gasteiger partial charge in [0.15, 0.2) is 0 Å². The van der Waals surface area contributed by atoms with E-state index in [2.05, 4.69) is 38.3 Å². The molecule has 3 fully saturated rings. The van der Waals surface area contributed by atoms with Crippen molar-refractivity contribution >= 4 is 21.8 Å². The lowest BCUT2D eigenvalue weighted by molar-refractivity contribution is 0.0290. The van der Waals surface area contributed by atoms with Crippen LogP contribution >= 0.6 is 15.9 Å². The number of ether oxygens (including phenoxy) is 1. The summed E-state index contributed by atoms with van der Waals surface area (Å²) < 4.78 is 6.22. The molecule has 6 nitrogen and oxygen atoms in total. The maximum Gasteiger partial charge on any atom is 0.251 e. The third-order valence-electron chi connectivity index (χ3n) is 7.12. The van der Waals surface area contributed by atoms with E-state index in [0.29, 0.717) is 30.0 Å². The van der Waals surface area contributed by atoms with Crippen LogP contribution in [0.4, 0.5) is 0 Å². The smallest absolute Gasteiger partial charge is 0.251 e. The van der Waals surface area contributed by atoms with Gasteiger partial charge in [0.25, 0.3) is 5.91 Å². The van der Waals surface area contributed by atoms with E-state index in [0.717, 1.165) is 52.5 Å². The summed E-state index contributed by atoms with van der Waals surface area (Å²) in [6, 6.07) is 18.0. The lowest BCUT2D eigenvalue weighted by Crippen LogP contribution is -2.56. The molecule has 0 aliphatic carbocycles. The summed E-state index contributed by atoms with van der Waals surface area (Å²) in [5, 5.41) is 3.14. The van der Waals surface area contributed by atoms with Gasteiger partial charge in [-0.1, -0.05) is 34.1 Å². The molecule has 176 valence electrons. The molecule has 3 saturated heterocycles. The molecule has 0 saturated carbocycles. The molecule has 7 heteroatoms. The number of hydrogen-bond donors (Lipinski definition) is 1. The topological polar surface area (TPSA) is 67.3 Å². The summed E-state index contributed by atoms with van der Waals surface area (Å²) in [7, 11) is 1.62. The van der Waals surface area contributed by atoms with Crippen LogP contribution in [0.5, 0.6) is 5.75 Å². The Morgan fingerprint density at radius 1 is 1.18 bits per heavy atom. The minimum absolute atomic E-state index is 0.0358. The Morgan fingerprint density at radius 3 is 2.68 bits per heavy atom. The van der Waals surface area contributed by atoms with Gasteiger partial charge in [0, 0.05) is 46.3 Å². The zero-order valence-corrected chi connectivity index (χ0v) is 21.1. The molecule has 0 radical (unpaired) electrons. The van der Waals surface area contributed by atoms with Crippen molar-refractivity contribution in [3.8, 4) is 17.0 Å². The Morgan fingerprint density at radius 2 is 1.97 bits per heavy atom. The van der Waals surface area contributed by atoms with Gasteiger partial charge in [0.2, 0.25) is 0 Å². The molecule has 2 bridgehead atoms. The molecule has 2 aromatic carbocycles. The van der Waals surface area contributed by atoms with Gasteiger partial charge in [0.1, 0.15) is 11.6 Å². The Balaban J connectivity index is 1.27. The Hall–Kier alpha value is -2.77. The number of carbonyl (C=O) groups is 1. The predicted octanol–water partition coefficient (Wildman–Crippen LogP) is 4.83. The monoisotopic (exact) mass is 520 g/mol. The summed E-state index contributed by atoms with van der Waals surface area (Å²) in [6.45, 7) is 4.69. The molecule has 4 heterocycles. The third kappa shape index (κ3) is 4.72. The van der Waals surface area contributed by atoms with Gasteiger partial charge in [-0.25, -0.2) is 9.97 Å². The molecule has 3 aromatic rings. The maximum atomic E-state index is 12.6. The standard InChI is InChI=1S/C27H29BrN4O2/c1-17-30-25(22-5-3-4-6-24(22)28)14-26(31-17)23-16-32-12-11-19(23)13-20(32)15-29-27(33)18-7-9-21(34-2)10-8-18/h3-10,14,19-20,23H,11-13,15-16H2,1-2H3,(H,29,33)/t19-,20+,23-/m0/s1. The van der Waals surface area contributed by atoms with E-state index in [1.165, 1.54) is 6.42 Å². The van der Waals surface area contributed by atoms with E-state index < -0.39 is 0 Å². The number of aryl methyl sites for hydroxylation is 1. The van der Waals surface area contributed by atoms with Gasteiger partial charge < -0.3 is 10.1 Å². The number of aromatic nitrogens is 2. The highest BCUT2D eigenvalue weighted by molar-refractivity contribution is 9.10. The van der Waals surface area contributed by atoms with Crippen molar-refractivity contribution < 1.29 is 9.53 Å². The first-order valence-corrected chi connectivity index (χ1v) is 12.6. The number of hydrogen-bond acceptors (Lipinski definition) is 5. The molecule has 3 aliphatic rings. The minimum atomic E-state index is -0.0358. The first-order chi connectivity index (χ1) is 16.5. The van der Waals surface area contributed by atoms with Gasteiger partial charge in [-0.2, -0.15) is 0 Å². The average molecular weight is 521 g/mol. The highest BCUT2D eigenvalue weighted by Gasteiger charge is 2.41. The lowest BCUT2D eigenvalue weighted by atomic mass is 9.74. The van der Waals surface area contributed by atoms with Gasteiger partial charge >= 0.3 is 0 Å². The van der Waals surface area contributed by atoms with E-state index in [1.54, 1.807) is 19.2 Å². The van der Waals surface area contributed by atoms with Gasteiger partial charge in [-0.3, -0.25) is 9.69 Å². The van der Waals surface area contributed by atoms with Crippen molar-refractivity contribution in [2.75, 3.05) is 26.7 Å². The molecule has 1 unspecified atom stereocenters. The van der Waals surface area contributed by atoms with Crippen molar-refractivity contribution in [2.45, 2.75) is 31.7 Å². The van der Waals surface area contributed by atoms with Crippen LogP contribution in [0.15, 0.2) is 59.1 Å². The summed E-state index contributed by atoms with van der Waals surface area (Å²) in [5.74, 6) is 2.48. The van der Waals surface area contributed by atoms with Crippen molar-refractivity contribution in [1.29, 1.82) is 0 Å². The summed E-state index contributed by atoms with van der Waals surface area (Å²) >= 11 is 3.66. The second kappa shape index (κ2) is 9.84. The van der Waals surface area contributed by atoms with Crippen LogP contribution in [0.3, 0.4) is 0 Å². The molecular formula is C27H29BrN4O2. The lowest BCUT2D eigenvalue weighted by Gasteiger charge is -2.49. The third-order valence-corrected chi connectivity index (χ3v) is 7.81. The molecular weight excluding hydrogens is 492 g/mol. The van der Waals surface area contributed by atoms with Crippen LogP contribution < -0.4 is 10.1 Å². The number of carbonyl (C=O) groups excluding carboxylic acids is 1. The van der Waals surface area contributed by atoms with E-state index in [9.17, 15) is 4.79 Å². The summed E-state index contributed by atoms with van der Waals surface area (Å²) in [6.07, 6.45) is 2.24. The van der Waals surface area contributed by atoms with Crippen LogP contribution in [0, 0.1) is 12.8 Å². The SMILES string of the molecule is COc1ccc(C(=O)NC[C@H]2C[C@@H]3CCN2C[C@@H]3c2cc(-c3ccccc3Br)nc(C)n2)cc1. The summed E-state index contributed by atoms with van der Waals surface area (Å²) in [4.78, 5) is 24.7. The number of fused-ring (bicyclic) bond motifs is 3. The van der Waals surface area contributed by atoms with Crippen LogP contribution in [0.2, 0.25) is 0 Å². The van der Waals surface area contributed by atoms with Crippen molar-refractivity contribution in [3.63, 3.8) is 0 Å². The molecule has 0 spiro atoms. The van der Waals surface area contributed by atoms with Gasteiger partial charge in [-0.05, 0) is 68.6 Å². The first-order valence-electron chi connectivity index (χ1n) is 11.8. The number of methoxy groups -OCH3 is 1. The minimum Gasteiger partial charge on any atom is -0.497 e. The molecule has 1 N–H and O–H groups in total. The Kier molecular flexibility index (Phi) is 6.66. The fourth-order valence-electron chi connectivity index (χ4n) is 5.33. The van der Waals surface area contributed by atoms with Gasteiger partial charge in [0.05, 0.1) is 12.8 Å². The second-order valence-corrected chi connectivity index (χ2v) is 10.0. The van der Waals surface area contributed by atoms with Crippen LogP contribution in [-0.2, 0) is 0 Å². The predicted molar refractivity (Wildman–Crippen MR) is 136 cm³/mol. The number of amides is 1. The molecule has 34 heavy (non-hydrogen) atoms. The van der Waals surface area contributed by atoms with Crippen LogP contribution in [0.25, 0.3) is 11.3 Å². The fraction of sp³-hybridized carbons (Fsp3) is 0.370. The highest BCUT2D eigenvalue weighted by Crippen LogP contribution is 2.42. The Bertz CT molecular complexity index is 1180. The number of benzene rings is 2. The first kappa shape index (κ1) is 23.0. The molecule has 1 amide bonds. The molecule has 1 aromatic heterocycles. The van der Waals surface area contributed by atoms with E-state index in [4.69, 9.17) is 14.7 Å². The summed E-state index contributed by atoms with van der Waals surface area (Å²) in [5.41, 5.74) is 3.85. The number of rotatable bonds is 6.